The molecule has 0 saturated heterocycles. The Labute approximate surface area is 162 Å². The van der Waals surface area contributed by atoms with Gasteiger partial charge in [0.05, 0.1) is 7.11 Å². The van der Waals surface area contributed by atoms with Gasteiger partial charge in [0.1, 0.15) is 23.1 Å². The van der Waals surface area contributed by atoms with E-state index in [-0.39, 0.29) is 12.5 Å². The van der Waals surface area contributed by atoms with Crippen molar-refractivity contribution in [1.82, 2.24) is 25.1 Å². The average Bonchev–Trinajstić information content (AvgIpc) is 3.25. The Morgan fingerprint density at radius 3 is 2.64 bits per heavy atom. The van der Waals surface area contributed by atoms with Crippen LogP contribution in [0.2, 0.25) is 0 Å². The van der Waals surface area contributed by atoms with E-state index in [0.717, 1.165) is 5.75 Å². The fraction of sp³-hybridized carbons (Fsp3) is 0.263. The van der Waals surface area contributed by atoms with Crippen molar-refractivity contribution in [2.24, 2.45) is 0 Å². The van der Waals surface area contributed by atoms with Crippen molar-refractivity contribution in [1.29, 1.82) is 0 Å². The lowest BCUT2D eigenvalue weighted by Crippen LogP contribution is -2.32. The number of anilines is 1. The number of methoxy groups -OCH3 is 1. The molecule has 1 amide bonds. The summed E-state index contributed by atoms with van der Waals surface area (Å²) in [5.41, 5.74) is 0. The quantitative estimate of drug-likeness (QED) is 0.542. The van der Waals surface area contributed by atoms with Gasteiger partial charge in [-0.25, -0.2) is 14.6 Å². The zero-order valence-electron chi connectivity index (χ0n) is 15.8. The zero-order chi connectivity index (χ0) is 19.8. The molecule has 2 N–H and O–H groups in total. The number of nitrogens with one attached hydrogen (secondary N) is 2. The second kappa shape index (κ2) is 9.36. The summed E-state index contributed by atoms with van der Waals surface area (Å²) in [5.74, 6) is 3.12. The normalized spacial score (nSPS) is 10.4. The molecular formula is C19H22N6O3. The first-order chi connectivity index (χ1) is 13.6. The van der Waals surface area contributed by atoms with Gasteiger partial charge < -0.3 is 20.1 Å². The molecule has 0 radical (unpaired) electrons. The topological polar surface area (TPSA) is 103 Å². The van der Waals surface area contributed by atoms with E-state index < -0.39 is 0 Å². The second-order valence-corrected chi connectivity index (χ2v) is 5.85. The van der Waals surface area contributed by atoms with Crippen LogP contribution in [0.15, 0.2) is 48.8 Å². The van der Waals surface area contributed by atoms with E-state index in [1.165, 1.54) is 0 Å². The first-order valence-corrected chi connectivity index (χ1v) is 8.77. The van der Waals surface area contributed by atoms with Crippen molar-refractivity contribution < 1.29 is 14.3 Å². The molecule has 0 saturated carbocycles. The van der Waals surface area contributed by atoms with E-state index in [1.54, 1.807) is 48.3 Å². The summed E-state index contributed by atoms with van der Waals surface area (Å²) in [6, 6.07) is 10.7. The summed E-state index contributed by atoms with van der Waals surface area (Å²) in [5, 5.41) is 10.1. The second-order valence-electron chi connectivity index (χ2n) is 5.85. The molecule has 2 aromatic heterocycles. The number of carbonyl (C=O) groups is 1. The molecule has 3 rings (SSSR count). The molecule has 0 aliphatic rings. The van der Waals surface area contributed by atoms with Gasteiger partial charge in [-0.05, 0) is 37.3 Å². The molecule has 9 heteroatoms. The van der Waals surface area contributed by atoms with Crippen molar-refractivity contribution in [3.05, 3.63) is 54.6 Å². The van der Waals surface area contributed by atoms with Crippen LogP contribution in [0.25, 0.3) is 5.82 Å². The fourth-order valence-electron chi connectivity index (χ4n) is 2.43. The van der Waals surface area contributed by atoms with Gasteiger partial charge in [0.25, 0.3) is 5.91 Å². The van der Waals surface area contributed by atoms with Crippen LogP contribution in [-0.2, 0) is 4.79 Å². The van der Waals surface area contributed by atoms with Gasteiger partial charge >= 0.3 is 0 Å². The minimum atomic E-state index is -0.200. The van der Waals surface area contributed by atoms with Gasteiger partial charge in [-0.3, -0.25) is 4.79 Å². The molecule has 9 nitrogen and oxygen atoms in total. The maximum Gasteiger partial charge on any atom is 0.258 e. The van der Waals surface area contributed by atoms with Crippen LogP contribution in [0.4, 0.5) is 5.82 Å². The molecule has 0 bridgehead atoms. The molecule has 0 aliphatic heterocycles. The first-order valence-electron chi connectivity index (χ1n) is 8.77. The molecule has 0 fully saturated rings. The number of nitrogens with zero attached hydrogens (tertiary/aromatic N) is 4. The fourth-order valence-corrected chi connectivity index (χ4v) is 2.43. The SMILES string of the molecule is COc1ccc(OCC(=O)NCCNc2cc(-n3cccn3)nc(C)n2)cc1. The maximum absolute atomic E-state index is 11.9. The number of benzene rings is 1. The largest absolute Gasteiger partial charge is 0.497 e. The Morgan fingerprint density at radius 1 is 1.14 bits per heavy atom. The molecule has 0 aliphatic carbocycles. The Bertz CT molecular complexity index is 897. The molecular weight excluding hydrogens is 360 g/mol. The third-order valence-electron chi connectivity index (χ3n) is 3.75. The van der Waals surface area contributed by atoms with Gasteiger partial charge in [-0.1, -0.05) is 0 Å². The number of hydrogen-bond donors (Lipinski definition) is 2. The molecule has 0 atom stereocenters. The van der Waals surface area contributed by atoms with Gasteiger partial charge in [-0.15, -0.1) is 0 Å². The number of hydrogen-bond acceptors (Lipinski definition) is 7. The summed E-state index contributed by atoms with van der Waals surface area (Å²) in [4.78, 5) is 20.6. The summed E-state index contributed by atoms with van der Waals surface area (Å²) in [6.45, 7) is 2.72. The number of aryl methyl sites for hydroxylation is 1. The number of amides is 1. The Balaban J connectivity index is 1.41. The Hall–Kier alpha value is -3.62. The third kappa shape index (κ3) is 5.44. The first kappa shape index (κ1) is 19.2. The van der Waals surface area contributed by atoms with E-state index in [1.807, 2.05) is 19.2 Å². The lowest BCUT2D eigenvalue weighted by Gasteiger charge is -2.10. The highest BCUT2D eigenvalue weighted by Gasteiger charge is 2.05. The van der Waals surface area contributed by atoms with E-state index in [4.69, 9.17) is 9.47 Å². The number of ether oxygens (including phenoxy) is 2. The lowest BCUT2D eigenvalue weighted by atomic mass is 10.3. The van der Waals surface area contributed by atoms with Crippen LogP contribution < -0.4 is 20.1 Å². The lowest BCUT2D eigenvalue weighted by molar-refractivity contribution is -0.123. The van der Waals surface area contributed by atoms with Crippen LogP contribution >= 0.6 is 0 Å². The van der Waals surface area contributed by atoms with Gasteiger partial charge in [0.2, 0.25) is 0 Å². The van der Waals surface area contributed by atoms with Crippen molar-refractivity contribution in [3.63, 3.8) is 0 Å². The van der Waals surface area contributed by atoms with E-state index in [2.05, 4.69) is 25.7 Å². The smallest absolute Gasteiger partial charge is 0.258 e. The predicted molar refractivity (Wildman–Crippen MR) is 104 cm³/mol. The molecule has 0 unspecified atom stereocenters. The van der Waals surface area contributed by atoms with Crippen LogP contribution in [-0.4, -0.2) is 52.5 Å². The van der Waals surface area contributed by atoms with Gasteiger partial charge in [-0.2, -0.15) is 5.10 Å². The number of rotatable bonds is 9. The third-order valence-corrected chi connectivity index (χ3v) is 3.75. The highest BCUT2D eigenvalue weighted by atomic mass is 16.5. The number of aromatic nitrogens is 4. The summed E-state index contributed by atoms with van der Waals surface area (Å²) >= 11 is 0. The van der Waals surface area contributed by atoms with E-state index >= 15 is 0 Å². The number of carbonyl (C=O) groups excluding carboxylic acids is 1. The van der Waals surface area contributed by atoms with Gasteiger partial charge in [0, 0.05) is 31.5 Å². The van der Waals surface area contributed by atoms with Crippen LogP contribution in [0, 0.1) is 6.92 Å². The maximum atomic E-state index is 11.9. The minimum absolute atomic E-state index is 0.0532. The highest BCUT2D eigenvalue weighted by molar-refractivity contribution is 5.77. The van der Waals surface area contributed by atoms with E-state index in [0.29, 0.717) is 36.3 Å². The van der Waals surface area contributed by atoms with Crippen molar-refractivity contribution in [2.75, 3.05) is 32.1 Å². The van der Waals surface area contributed by atoms with Crippen molar-refractivity contribution in [3.8, 4) is 17.3 Å². The van der Waals surface area contributed by atoms with Crippen molar-refractivity contribution >= 4 is 11.7 Å². The van der Waals surface area contributed by atoms with Crippen LogP contribution in [0.1, 0.15) is 5.82 Å². The van der Waals surface area contributed by atoms with Crippen LogP contribution in [0.5, 0.6) is 11.5 Å². The standard InChI is InChI=1S/C19H22N6O3/c1-14-23-17(12-18(24-14)25-11-3-8-22-25)20-9-10-21-19(26)13-28-16-6-4-15(27-2)5-7-16/h3-8,11-12H,9-10,13H2,1-2H3,(H,21,26)(H,20,23,24). The molecule has 28 heavy (non-hydrogen) atoms. The van der Waals surface area contributed by atoms with Crippen molar-refractivity contribution in [2.45, 2.75) is 6.92 Å². The Kier molecular flexibility index (Phi) is 6.40. The zero-order valence-corrected chi connectivity index (χ0v) is 15.8. The molecule has 0 spiro atoms. The molecule has 146 valence electrons. The van der Waals surface area contributed by atoms with Gasteiger partial charge in [0.15, 0.2) is 12.4 Å². The summed E-state index contributed by atoms with van der Waals surface area (Å²) in [7, 11) is 1.60. The summed E-state index contributed by atoms with van der Waals surface area (Å²) < 4.78 is 12.2. The molecule has 3 aromatic rings. The molecule has 1 aromatic carbocycles. The highest BCUT2D eigenvalue weighted by Crippen LogP contribution is 2.16. The predicted octanol–water partition coefficient (Wildman–Crippen LogP) is 1.59. The molecule has 2 heterocycles. The monoisotopic (exact) mass is 382 g/mol. The van der Waals surface area contributed by atoms with E-state index in [9.17, 15) is 4.79 Å². The average molecular weight is 382 g/mol. The minimum Gasteiger partial charge on any atom is -0.497 e. The summed E-state index contributed by atoms with van der Waals surface area (Å²) in [6.07, 6.45) is 3.50. The Morgan fingerprint density at radius 2 is 1.93 bits per heavy atom. The van der Waals surface area contributed by atoms with Crippen LogP contribution in [0.3, 0.4) is 0 Å².